The number of carboxylic acid groups (broad SMARTS) is 1. The lowest BCUT2D eigenvalue weighted by Gasteiger charge is -2.06. The molecule has 0 aliphatic heterocycles. The van der Waals surface area contributed by atoms with Gasteiger partial charge in [0.1, 0.15) is 11.8 Å². The van der Waals surface area contributed by atoms with Gasteiger partial charge in [-0.25, -0.2) is 18.6 Å². The lowest BCUT2D eigenvalue weighted by Crippen LogP contribution is -2.08. The third-order valence-electron chi connectivity index (χ3n) is 1.54. The second kappa shape index (κ2) is 4.31. The van der Waals surface area contributed by atoms with Gasteiger partial charge in [0.2, 0.25) is 0 Å². The van der Waals surface area contributed by atoms with Crippen molar-refractivity contribution in [2.75, 3.05) is 0 Å². The van der Waals surface area contributed by atoms with E-state index in [1.165, 1.54) is 0 Å². The average molecular weight is 277 g/mol. The molecule has 15 heavy (non-hydrogen) atoms. The molecule has 0 radical (unpaired) electrons. The molecule has 0 amide bonds. The van der Waals surface area contributed by atoms with Crippen molar-refractivity contribution in [2.24, 2.45) is 0 Å². The molecule has 0 saturated heterocycles. The number of alkyl halides is 2. The second-order valence-corrected chi connectivity index (χ2v) is 3.32. The number of nitriles is 1. The summed E-state index contributed by atoms with van der Waals surface area (Å²) in [7, 11) is 0. The van der Waals surface area contributed by atoms with Crippen LogP contribution in [-0.4, -0.2) is 16.1 Å². The van der Waals surface area contributed by atoms with Crippen molar-refractivity contribution in [3.05, 3.63) is 27.5 Å². The molecule has 0 spiro atoms. The first-order valence-electron chi connectivity index (χ1n) is 3.59. The minimum atomic E-state index is -2.97. The van der Waals surface area contributed by atoms with Crippen LogP contribution >= 0.6 is 15.9 Å². The summed E-state index contributed by atoms with van der Waals surface area (Å²) in [6, 6.07) is 2.63. The van der Waals surface area contributed by atoms with Gasteiger partial charge in [-0.15, -0.1) is 0 Å². The molecule has 7 heteroatoms. The fourth-order valence-corrected chi connectivity index (χ4v) is 1.53. The van der Waals surface area contributed by atoms with Crippen LogP contribution in [0, 0.1) is 11.3 Å². The third-order valence-corrected chi connectivity index (χ3v) is 2.20. The molecule has 1 N–H and O–H groups in total. The van der Waals surface area contributed by atoms with Gasteiger partial charge in [0.25, 0.3) is 6.43 Å². The molecule has 1 aromatic rings. The summed E-state index contributed by atoms with van der Waals surface area (Å²) in [6.07, 6.45) is -2.97. The predicted molar refractivity (Wildman–Crippen MR) is 48.6 cm³/mol. The van der Waals surface area contributed by atoms with Gasteiger partial charge in [-0.2, -0.15) is 5.26 Å². The molecule has 0 aliphatic rings. The van der Waals surface area contributed by atoms with Crippen LogP contribution < -0.4 is 0 Å². The zero-order valence-electron chi connectivity index (χ0n) is 7.04. The smallest absolute Gasteiger partial charge is 0.355 e. The van der Waals surface area contributed by atoms with Crippen molar-refractivity contribution in [3.8, 4) is 6.07 Å². The summed E-state index contributed by atoms with van der Waals surface area (Å²) in [5, 5.41) is 17.1. The van der Waals surface area contributed by atoms with E-state index in [9.17, 15) is 13.6 Å². The van der Waals surface area contributed by atoms with E-state index in [0.717, 1.165) is 6.07 Å². The van der Waals surface area contributed by atoms with Crippen LogP contribution in [0.25, 0.3) is 0 Å². The van der Waals surface area contributed by atoms with Gasteiger partial charge in [0.05, 0.1) is 5.56 Å². The van der Waals surface area contributed by atoms with E-state index >= 15 is 0 Å². The summed E-state index contributed by atoms with van der Waals surface area (Å²) in [5.41, 5.74) is -1.76. The Balaban J connectivity index is 3.51. The minimum Gasteiger partial charge on any atom is -0.476 e. The lowest BCUT2D eigenvalue weighted by atomic mass is 10.2. The molecule has 78 valence electrons. The number of aromatic carboxylic acids is 1. The van der Waals surface area contributed by atoms with Crippen LogP contribution in [0.1, 0.15) is 28.2 Å². The van der Waals surface area contributed by atoms with Crippen molar-refractivity contribution in [3.63, 3.8) is 0 Å². The molecule has 0 aliphatic carbocycles. The predicted octanol–water partition coefficient (Wildman–Crippen LogP) is 2.35. The van der Waals surface area contributed by atoms with Crippen LogP contribution in [0.3, 0.4) is 0 Å². The third kappa shape index (κ3) is 2.27. The highest BCUT2D eigenvalue weighted by atomic mass is 79.9. The van der Waals surface area contributed by atoms with E-state index in [1.54, 1.807) is 6.07 Å². The highest BCUT2D eigenvalue weighted by Gasteiger charge is 2.23. The van der Waals surface area contributed by atoms with Gasteiger partial charge >= 0.3 is 5.97 Å². The standard InChI is InChI=1S/C8H3BrF2N2O2/c9-4-1-3(2-12)13-6(8(14)15)5(4)7(10)11/h1,7H,(H,14,15). The Hall–Kier alpha value is -1.55. The van der Waals surface area contributed by atoms with Crippen molar-refractivity contribution in [1.29, 1.82) is 5.26 Å². The summed E-state index contributed by atoms with van der Waals surface area (Å²) in [4.78, 5) is 13.9. The first kappa shape index (κ1) is 11.5. The molecular weight excluding hydrogens is 274 g/mol. The zero-order valence-corrected chi connectivity index (χ0v) is 8.62. The number of halogens is 3. The molecule has 1 heterocycles. The molecule has 0 unspecified atom stereocenters. The van der Waals surface area contributed by atoms with Crippen molar-refractivity contribution >= 4 is 21.9 Å². The minimum absolute atomic E-state index is 0.138. The monoisotopic (exact) mass is 276 g/mol. The molecule has 1 aromatic heterocycles. The Bertz CT molecular complexity index is 457. The van der Waals surface area contributed by atoms with E-state index in [2.05, 4.69) is 20.9 Å². The number of hydrogen-bond donors (Lipinski definition) is 1. The number of rotatable bonds is 2. The normalized spacial score (nSPS) is 10.1. The van der Waals surface area contributed by atoms with Gasteiger partial charge in [-0.1, -0.05) is 15.9 Å². The van der Waals surface area contributed by atoms with E-state index in [1.807, 2.05) is 0 Å². The van der Waals surface area contributed by atoms with Crippen molar-refractivity contribution in [1.82, 2.24) is 4.98 Å². The highest BCUT2D eigenvalue weighted by molar-refractivity contribution is 9.10. The molecule has 0 bridgehead atoms. The first-order chi connectivity index (χ1) is 6.97. The molecule has 0 atom stereocenters. The SMILES string of the molecule is N#Cc1cc(Br)c(C(F)F)c(C(=O)O)n1. The van der Waals surface area contributed by atoms with Crippen LogP contribution in [0.5, 0.6) is 0 Å². The fourth-order valence-electron chi connectivity index (χ4n) is 0.952. The molecule has 0 aromatic carbocycles. The maximum Gasteiger partial charge on any atom is 0.355 e. The molecule has 0 saturated carbocycles. The Labute approximate surface area is 91.3 Å². The Kier molecular flexibility index (Phi) is 3.31. The van der Waals surface area contributed by atoms with Crippen LogP contribution in [-0.2, 0) is 0 Å². The molecular formula is C8H3BrF2N2O2. The summed E-state index contributed by atoms with van der Waals surface area (Å²) < 4.78 is 24.8. The van der Waals surface area contributed by atoms with E-state index in [-0.39, 0.29) is 10.2 Å². The average Bonchev–Trinajstić information content (AvgIpc) is 2.15. The number of carbonyl (C=O) groups is 1. The van der Waals surface area contributed by atoms with Crippen molar-refractivity contribution in [2.45, 2.75) is 6.43 Å². The topological polar surface area (TPSA) is 74.0 Å². The Morgan fingerprint density at radius 3 is 2.67 bits per heavy atom. The largest absolute Gasteiger partial charge is 0.476 e. The summed E-state index contributed by atoms with van der Waals surface area (Å²) in [6.45, 7) is 0. The molecule has 0 fully saturated rings. The molecule has 4 nitrogen and oxygen atoms in total. The fraction of sp³-hybridized carbons (Fsp3) is 0.125. The second-order valence-electron chi connectivity index (χ2n) is 2.47. The van der Waals surface area contributed by atoms with Crippen LogP contribution in [0.15, 0.2) is 10.5 Å². The summed E-state index contributed by atoms with van der Waals surface area (Å²) in [5.74, 6) is -1.59. The van der Waals surface area contributed by atoms with E-state index in [4.69, 9.17) is 10.4 Å². The van der Waals surface area contributed by atoms with Gasteiger partial charge < -0.3 is 5.11 Å². The van der Waals surface area contributed by atoms with E-state index in [0.29, 0.717) is 0 Å². The highest BCUT2D eigenvalue weighted by Crippen LogP contribution is 2.30. The number of hydrogen-bond acceptors (Lipinski definition) is 3. The summed E-state index contributed by atoms with van der Waals surface area (Å²) >= 11 is 2.77. The van der Waals surface area contributed by atoms with Gasteiger partial charge in [0, 0.05) is 4.47 Å². The number of aromatic nitrogens is 1. The number of nitrogens with zero attached hydrogens (tertiary/aromatic N) is 2. The van der Waals surface area contributed by atoms with Gasteiger partial charge in [-0.05, 0) is 6.07 Å². The van der Waals surface area contributed by atoms with Crippen LogP contribution in [0.4, 0.5) is 8.78 Å². The number of carboxylic acids is 1. The first-order valence-corrected chi connectivity index (χ1v) is 4.38. The zero-order chi connectivity index (χ0) is 11.6. The molecule has 1 rings (SSSR count). The van der Waals surface area contributed by atoms with Crippen molar-refractivity contribution < 1.29 is 18.7 Å². The lowest BCUT2D eigenvalue weighted by molar-refractivity contribution is 0.0676. The maximum atomic E-state index is 12.5. The maximum absolute atomic E-state index is 12.5. The van der Waals surface area contributed by atoms with Gasteiger partial charge in [0.15, 0.2) is 5.69 Å². The Morgan fingerprint density at radius 2 is 2.27 bits per heavy atom. The van der Waals surface area contributed by atoms with E-state index < -0.39 is 23.7 Å². The quantitative estimate of drug-likeness (QED) is 0.900. The Morgan fingerprint density at radius 1 is 1.67 bits per heavy atom. The number of pyridine rings is 1. The van der Waals surface area contributed by atoms with Crippen LogP contribution in [0.2, 0.25) is 0 Å². The van der Waals surface area contributed by atoms with Gasteiger partial charge in [-0.3, -0.25) is 0 Å².